The van der Waals surface area contributed by atoms with E-state index in [1.54, 1.807) is 66.7 Å². The van der Waals surface area contributed by atoms with E-state index in [1.807, 2.05) is 55.5 Å². The average Bonchev–Trinajstić information content (AvgIpc) is 3.45. The van der Waals surface area contributed by atoms with Crippen LogP contribution < -0.4 is 16.0 Å². The molecule has 0 aliphatic carbocycles. The highest BCUT2D eigenvalue weighted by molar-refractivity contribution is 8.00. The summed E-state index contributed by atoms with van der Waals surface area (Å²) in [6, 6.07) is 32.2. The summed E-state index contributed by atoms with van der Waals surface area (Å²) in [6.07, 6.45) is 1.56. The van der Waals surface area contributed by atoms with Gasteiger partial charge < -0.3 is 10.6 Å². The number of hydrogen-bond acceptors (Lipinski definition) is 7. The van der Waals surface area contributed by atoms with Gasteiger partial charge in [-0.2, -0.15) is 0 Å². The van der Waals surface area contributed by atoms with Crippen LogP contribution >= 0.6 is 34.7 Å². The molecule has 5 rings (SSSR count). The predicted molar refractivity (Wildman–Crippen MR) is 177 cm³/mol. The molecule has 0 bridgehead atoms. The number of amides is 3. The largest absolute Gasteiger partial charge is 0.321 e. The summed E-state index contributed by atoms with van der Waals surface area (Å²) in [5.41, 5.74) is 2.45. The van der Waals surface area contributed by atoms with Crippen LogP contribution in [0.1, 0.15) is 31.7 Å². The molecule has 1 aromatic heterocycles. The Morgan fingerprint density at radius 3 is 2.20 bits per heavy atom. The predicted octanol–water partition coefficient (Wildman–Crippen LogP) is 7.38. The van der Waals surface area contributed by atoms with Crippen LogP contribution in [0.25, 0.3) is 6.08 Å². The molecule has 220 valence electrons. The Balaban J connectivity index is 1.32. The van der Waals surface area contributed by atoms with Crippen LogP contribution in [0.2, 0.25) is 5.02 Å². The molecule has 1 unspecified atom stereocenters. The van der Waals surface area contributed by atoms with Gasteiger partial charge in [-0.3, -0.25) is 19.7 Å². The van der Waals surface area contributed by atoms with Crippen LogP contribution in [0, 0.1) is 6.92 Å². The standard InChI is InChI=1S/C33H26ClN5O3S2/c1-21-38-39-33(43-21)37-32(42)29(23-10-4-2-5-11-23)44-27-17-15-26(16-18-27)35-31(41)28(20-22-9-8-14-25(34)19-22)36-30(40)24-12-6-3-7-13-24/h2-20,29H,1H3,(H,35,41)(H,36,40)(H,37,39,42)/b28-20-. The molecule has 3 amide bonds. The smallest absolute Gasteiger partial charge is 0.272 e. The third-order valence-electron chi connectivity index (χ3n) is 6.15. The van der Waals surface area contributed by atoms with Crippen molar-refractivity contribution in [3.05, 3.63) is 142 Å². The highest BCUT2D eigenvalue weighted by Crippen LogP contribution is 2.37. The fourth-order valence-electron chi connectivity index (χ4n) is 4.08. The zero-order valence-electron chi connectivity index (χ0n) is 23.4. The number of carbonyl (C=O) groups is 3. The molecule has 0 saturated heterocycles. The summed E-state index contributed by atoms with van der Waals surface area (Å²) in [4.78, 5) is 40.4. The number of hydrogen-bond donors (Lipinski definition) is 3. The van der Waals surface area contributed by atoms with Crippen molar-refractivity contribution >= 4 is 69.3 Å². The maximum absolute atomic E-state index is 13.4. The van der Waals surface area contributed by atoms with Crippen molar-refractivity contribution < 1.29 is 14.4 Å². The number of aromatic nitrogens is 2. The van der Waals surface area contributed by atoms with E-state index in [9.17, 15) is 14.4 Å². The van der Waals surface area contributed by atoms with E-state index in [0.717, 1.165) is 15.5 Å². The third-order valence-corrected chi connectivity index (χ3v) is 8.41. The first-order valence-corrected chi connectivity index (χ1v) is 15.5. The number of nitrogens with zero attached hydrogens (tertiary/aromatic N) is 2. The van der Waals surface area contributed by atoms with Crippen LogP contribution in [0.3, 0.4) is 0 Å². The summed E-state index contributed by atoms with van der Waals surface area (Å²) in [5.74, 6) is -1.15. The fraction of sp³-hybridized carbons (Fsp3) is 0.0606. The van der Waals surface area contributed by atoms with Gasteiger partial charge >= 0.3 is 0 Å². The van der Waals surface area contributed by atoms with Crippen molar-refractivity contribution in [3.63, 3.8) is 0 Å². The molecule has 0 saturated carbocycles. The van der Waals surface area contributed by atoms with Gasteiger partial charge in [-0.25, -0.2) is 0 Å². The molecule has 1 heterocycles. The molecule has 0 aliphatic heterocycles. The van der Waals surface area contributed by atoms with E-state index in [0.29, 0.717) is 27.0 Å². The molecule has 4 aromatic carbocycles. The summed E-state index contributed by atoms with van der Waals surface area (Å²) in [7, 11) is 0. The topological polar surface area (TPSA) is 113 Å². The molecule has 0 fully saturated rings. The monoisotopic (exact) mass is 639 g/mol. The second-order valence-corrected chi connectivity index (χ2v) is 12.2. The summed E-state index contributed by atoms with van der Waals surface area (Å²) in [6.45, 7) is 1.82. The lowest BCUT2D eigenvalue weighted by atomic mass is 10.1. The Kier molecular flexibility index (Phi) is 10.2. The van der Waals surface area contributed by atoms with E-state index in [2.05, 4.69) is 26.1 Å². The van der Waals surface area contributed by atoms with Crippen molar-refractivity contribution in [1.29, 1.82) is 0 Å². The van der Waals surface area contributed by atoms with Crippen molar-refractivity contribution in [3.8, 4) is 0 Å². The highest BCUT2D eigenvalue weighted by atomic mass is 35.5. The van der Waals surface area contributed by atoms with Gasteiger partial charge in [0.05, 0.1) is 0 Å². The van der Waals surface area contributed by atoms with Gasteiger partial charge in [0, 0.05) is 21.2 Å². The molecule has 1 atom stereocenters. The van der Waals surface area contributed by atoms with Crippen LogP contribution in [-0.2, 0) is 9.59 Å². The van der Waals surface area contributed by atoms with Crippen molar-refractivity contribution in [2.75, 3.05) is 10.6 Å². The van der Waals surface area contributed by atoms with E-state index < -0.39 is 17.1 Å². The van der Waals surface area contributed by atoms with Crippen LogP contribution in [0.4, 0.5) is 10.8 Å². The molecule has 3 N–H and O–H groups in total. The average molecular weight is 640 g/mol. The molecule has 8 nitrogen and oxygen atoms in total. The molecular formula is C33H26ClN5O3S2. The van der Waals surface area contributed by atoms with Crippen molar-refractivity contribution in [2.45, 2.75) is 17.1 Å². The molecule has 0 radical (unpaired) electrons. The maximum atomic E-state index is 13.4. The van der Waals surface area contributed by atoms with Gasteiger partial charge in [-0.05, 0) is 72.7 Å². The summed E-state index contributed by atoms with van der Waals surface area (Å²) >= 11 is 8.82. The zero-order valence-corrected chi connectivity index (χ0v) is 25.7. The lowest BCUT2D eigenvalue weighted by Gasteiger charge is -2.16. The fourth-order valence-corrected chi connectivity index (χ4v) is 5.89. The van der Waals surface area contributed by atoms with E-state index in [1.165, 1.54) is 23.1 Å². The van der Waals surface area contributed by atoms with Crippen LogP contribution in [-0.4, -0.2) is 27.9 Å². The Bertz CT molecular complexity index is 1800. The Morgan fingerprint density at radius 1 is 0.841 bits per heavy atom. The quantitative estimate of drug-likeness (QED) is 0.109. The third kappa shape index (κ3) is 8.41. The van der Waals surface area contributed by atoms with Gasteiger partial charge in [0.1, 0.15) is 16.0 Å². The number of benzene rings is 4. The second kappa shape index (κ2) is 14.6. The van der Waals surface area contributed by atoms with Gasteiger partial charge in [-0.1, -0.05) is 83.6 Å². The molecule has 0 spiro atoms. The minimum atomic E-state index is -0.554. The Morgan fingerprint density at radius 2 is 1.55 bits per heavy atom. The number of anilines is 2. The maximum Gasteiger partial charge on any atom is 0.272 e. The molecule has 44 heavy (non-hydrogen) atoms. The zero-order chi connectivity index (χ0) is 30.9. The number of halogens is 1. The molecule has 5 aromatic rings. The first kappa shape index (κ1) is 30.7. The van der Waals surface area contributed by atoms with Crippen molar-refractivity contribution in [1.82, 2.24) is 15.5 Å². The van der Waals surface area contributed by atoms with Gasteiger partial charge in [0.15, 0.2) is 0 Å². The number of aryl methyl sites for hydroxylation is 1. The molecule has 11 heteroatoms. The van der Waals surface area contributed by atoms with Crippen LogP contribution in [0.5, 0.6) is 0 Å². The number of carbonyl (C=O) groups excluding carboxylic acids is 3. The SMILES string of the molecule is Cc1nnc(NC(=O)C(Sc2ccc(NC(=O)/C(=C/c3cccc(Cl)c3)NC(=O)c3ccccc3)cc2)c2ccccc2)s1. The minimum Gasteiger partial charge on any atom is -0.321 e. The first-order chi connectivity index (χ1) is 21.3. The van der Waals surface area contributed by atoms with Crippen molar-refractivity contribution in [2.24, 2.45) is 0 Å². The minimum absolute atomic E-state index is 0.0484. The Labute approximate surface area is 267 Å². The van der Waals surface area contributed by atoms with Gasteiger partial charge in [0.2, 0.25) is 11.0 Å². The number of nitrogens with one attached hydrogen (secondary N) is 3. The molecular weight excluding hydrogens is 614 g/mol. The lowest BCUT2D eigenvalue weighted by Crippen LogP contribution is -2.30. The lowest BCUT2D eigenvalue weighted by molar-refractivity contribution is -0.116. The van der Waals surface area contributed by atoms with Crippen LogP contribution in [0.15, 0.2) is 120 Å². The van der Waals surface area contributed by atoms with E-state index in [4.69, 9.17) is 11.6 Å². The number of thioether (sulfide) groups is 1. The second-order valence-electron chi connectivity index (χ2n) is 9.44. The summed E-state index contributed by atoms with van der Waals surface area (Å²) < 4.78 is 0. The summed E-state index contributed by atoms with van der Waals surface area (Å²) in [5, 5.41) is 17.5. The Hall–Kier alpha value is -4.77. The highest BCUT2D eigenvalue weighted by Gasteiger charge is 2.23. The normalized spacial score (nSPS) is 11.8. The molecule has 0 aliphatic rings. The van der Waals surface area contributed by atoms with E-state index >= 15 is 0 Å². The number of rotatable bonds is 10. The first-order valence-electron chi connectivity index (χ1n) is 13.4. The van der Waals surface area contributed by atoms with Gasteiger partial charge in [0.25, 0.3) is 11.8 Å². The van der Waals surface area contributed by atoms with E-state index in [-0.39, 0.29) is 11.6 Å². The van der Waals surface area contributed by atoms with Gasteiger partial charge in [-0.15, -0.1) is 22.0 Å².